The predicted molar refractivity (Wildman–Crippen MR) is 77.5 cm³/mol. The van der Waals surface area contributed by atoms with E-state index in [4.69, 9.17) is 10.9 Å². The highest BCUT2D eigenvalue weighted by Gasteiger charge is 2.10. The molecule has 0 fully saturated rings. The molecule has 1 heterocycles. The lowest BCUT2D eigenvalue weighted by molar-refractivity contribution is 0.318. The fraction of sp³-hybridized carbons (Fsp3) is 0.286. The summed E-state index contributed by atoms with van der Waals surface area (Å²) in [6, 6.07) is 6.70. The van der Waals surface area contributed by atoms with Crippen molar-refractivity contribution >= 4 is 5.84 Å². The molecule has 21 heavy (non-hydrogen) atoms. The van der Waals surface area contributed by atoms with Crippen molar-refractivity contribution in [2.75, 3.05) is 6.54 Å². The third-order valence-electron chi connectivity index (χ3n) is 3.08. The van der Waals surface area contributed by atoms with E-state index in [2.05, 4.69) is 15.6 Å². The van der Waals surface area contributed by atoms with Crippen molar-refractivity contribution in [3.8, 4) is 0 Å². The van der Waals surface area contributed by atoms with Crippen molar-refractivity contribution in [2.24, 2.45) is 10.9 Å². The molecule has 2 aromatic rings. The Balaban J connectivity index is 1.83. The van der Waals surface area contributed by atoms with Gasteiger partial charge >= 0.3 is 0 Å². The van der Waals surface area contributed by atoms with E-state index in [0.29, 0.717) is 12.1 Å². The molecule has 0 bridgehead atoms. The maximum absolute atomic E-state index is 14.1. The molecule has 0 unspecified atom stereocenters. The number of aromatic nitrogens is 2. The van der Waals surface area contributed by atoms with Gasteiger partial charge in [-0.2, -0.15) is 5.10 Å². The minimum atomic E-state index is -0.465. The van der Waals surface area contributed by atoms with Crippen molar-refractivity contribution in [3.05, 3.63) is 53.6 Å². The largest absolute Gasteiger partial charge is 0.409 e. The molecular formula is C14H18FN5O. The normalized spacial score (nSPS) is 11.8. The minimum absolute atomic E-state index is 0.105. The summed E-state index contributed by atoms with van der Waals surface area (Å²) in [5.41, 5.74) is 6.01. The smallest absolute Gasteiger partial charge is 0.173 e. The van der Waals surface area contributed by atoms with Gasteiger partial charge in [0.1, 0.15) is 5.82 Å². The first kappa shape index (κ1) is 15.0. The molecular weight excluding hydrogens is 273 g/mol. The number of hydrogen-bond donors (Lipinski definition) is 3. The summed E-state index contributed by atoms with van der Waals surface area (Å²) in [5.74, 6) is -0.694. The van der Waals surface area contributed by atoms with E-state index in [9.17, 15) is 4.39 Å². The summed E-state index contributed by atoms with van der Waals surface area (Å²) in [6.45, 7) is 1.94. The average molecular weight is 291 g/mol. The Hall–Kier alpha value is -2.41. The van der Waals surface area contributed by atoms with Crippen LogP contribution in [0.2, 0.25) is 0 Å². The Morgan fingerprint density at radius 3 is 3.00 bits per heavy atom. The first-order valence-corrected chi connectivity index (χ1v) is 6.66. The van der Waals surface area contributed by atoms with Gasteiger partial charge in [0.25, 0.3) is 0 Å². The molecule has 7 heteroatoms. The molecule has 1 aromatic carbocycles. The van der Waals surface area contributed by atoms with Crippen LogP contribution in [0.25, 0.3) is 0 Å². The van der Waals surface area contributed by atoms with Crippen LogP contribution < -0.4 is 11.1 Å². The number of rotatable bonds is 7. The fourth-order valence-corrected chi connectivity index (χ4v) is 1.99. The number of benzene rings is 1. The van der Waals surface area contributed by atoms with Crippen LogP contribution in [0.15, 0.2) is 41.8 Å². The van der Waals surface area contributed by atoms with Crippen LogP contribution in [-0.4, -0.2) is 27.4 Å². The molecule has 0 aliphatic carbocycles. The Labute approximate surface area is 122 Å². The zero-order valence-corrected chi connectivity index (χ0v) is 11.5. The molecule has 0 spiro atoms. The van der Waals surface area contributed by atoms with Crippen LogP contribution in [0.5, 0.6) is 0 Å². The summed E-state index contributed by atoms with van der Waals surface area (Å²) in [7, 11) is 0. The maximum atomic E-state index is 14.1. The fourth-order valence-electron chi connectivity index (χ4n) is 1.99. The molecule has 6 nitrogen and oxygen atoms in total. The second-order valence-corrected chi connectivity index (χ2v) is 4.56. The van der Waals surface area contributed by atoms with Gasteiger partial charge in [-0.1, -0.05) is 17.3 Å². The summed E-state index contributed by atoms with van der Waals surface area (Å²) < 4.78 is 16.0. The molecule has 0 saturated heterocycles. The molecule has 0 amide bonds. The van der Waals surface area contributed by atoms with E-state index < -0.39 is 5.82 Å². The second kappa shape index (κ2) is 7.39. The van der Waals surface area contributed by atoms with Crippen LogP contribution >= 0.6 is 0 Å². The van der Waals surface area contributed by atoms with E-state index in [0.717, 1.165) is 19.5 Å². The van der Waals surface area contributed by atoms with E-state index in [1.807, 2.05) is 16.9 Å². The Kier molecular flexibility index (Phi) is 5.28. The molecule has 0 aliphatic rings. The molecule has 0 aliphatic heterocycles. The predicted octanol–water partition coefficient (Wildman–Crippen LogP) is 1.30. The van der Waals surface area contributed by atoms with E-state index in [1.165, 1.54) is 6.07 Å². The van der Waals surface area contributed by atoms with Gasteiger partial charge in [0.05, 0.1) is 5.56 Å². The number of nitrogens with two attached hydrogens (primary N) is 1. The lowest BCUT2D eigenvalue weighted by atomic mass is 10.1. The van der Waals surface area contributed by atoms with Crippen molar-refractivity contribution < 1.29 is 9.60 Å². The number of oxime groups is 1. The van der Waals surface area contributed by atoms with Crippen molar-refractivity contribution in [1.29, 1.82) is 0 Å². The maximum Gasteiger partial charge on any atom is 0.173 e. The van der Waals surface area contributed by atoms with Crippen molar-refractivity contribution in [2.45, 2.75) is 19.5 Å². The summed E-state index contributed by atoms with van der Waals surface area (Å²) in [5, 5.41) is 18.7. The summed E-state index contributed by atoms with van der Waals surface area (Å²) in [4.78, 5) is 0. The van der Waals surface area contributed by atoms with Crippen LogP contribution in [0.4, 0.5) is 4.39 Å². The average Bonchev–Trinajstić information content (AvgIpc) is 3.01. The van der Waals surface area contributed by atoms with Gasteiger partial charge in [0.15, 0.2) is 5.84 Å². The van der Waals surface area contributed by atoms with Crippen molar-refractivity contribution in [3.63, 3.8) is 0 Å². The number of amidine groups is 1. The van der Waals surface area contributed by atoms with Gasteiger partial charge in [-0.3, -0.25) is 4.68 Å². The summed E-state index contributed by atoms with van der Waals surface area (Å²) >= 11 is 0. The number of nitrogens with one attached hydrogen (secondary N) is 1. The summed E-state index contributed by atoms with van der Waals surface area (Å²) in [6.07, 6.45) is 4.53. The molecule has 4 N–H and O–H groups in total. The van der Waals surface area contributed by atoms with Crippen LogP contribution in [-0.2, 0) is 13.1 Å². The standard InChI is InChI=1S/C14H18FN5O/c15-13-11(4-1-5-12(13)14(16)19-21)10-17-6-2-8-20-9-3-7-18-20/h1,3-5,7,9,17,21H,2,6,8,10H2,(H2,16,19). The lowest BCUT2D eigenvalue weighted by Gasteiger charge is -2.09. The molecule has 2 rings (SSSR count). The molecule has 0 atom stereocenters. The third kappa shape index (κ3) is 4.03. The van der Waals surface area contributed by atoms with Gasteiger partial charge in [-0.05, 0) is 25.1 Å². The van der Waals surface area contributed by atoms with Gasteiger partial charge in [-0.25, -0.2) is 4.39 Å². The van der Waals surface area contributed by atoms with Gasteiger partial charge in [-0.15, -0.1) is 0 Å². The Bertz CT molecular complexity index is 597. The Morgan fingerprint density at radius 2 is 2.29 bits per heavy atom. The highest BCUT2D eigenvalue weighted by Crippen LogP contribution is 2.12. The molecule has 0 radical (unpaired) electrons. The van der Waals surface area contributed by atoms with E-state index in [-0.39, 0.29) is 11.4 Å². The number of halogens is 1. The van der Waals surface area contributed by atoms with Gasteiger partial charge in [0.2, 0.25) is 0 Å². The first-order chi connectivity index (χ1) is 10.2. The SMILES string of the molecule is N/C(=N/O)c1cccc(CNCCCn2cccn2)c1F. The van der Waals surface area contributed by atoms with Gasteiger partial charge < -0.3 is 16.3 Å². The van der Waals surface area contributed by atoms with Crippen LogP contribution in [0, 0.1) is 5.82 Å². The molecule has 112 valence electrons. The quantitative estimate of drug-likeness (QED) is 0.236. The Morgan fingerprint density at radius 1 is 1.43 bits per heavy atom. The van der Waals surface area contributed by atoms with Crippen molar-refractivity contribution in [1.82, 2.24) is 15.1 Å². The van der Waals surface area contributed by atoms with Crippen LogP contribution in [0.1, 0.15) is 17.5 Å². The minimum Gasteiger partial charge on any atom is -0.409 e. The van der Waals surface area contributed by atoms with Crippen LogP contribution in [0.3, 0.4) is 0 Å². The highest BCUT2D eigenvalue weighted by molar-refractivity contribution is 5.97. The zero-order valence-electron chi connectivity index (χ0n) is 11.5. The van der Waals surface area contributed by atoms with E-state index in [1.54, 1.807) is 18.3 Å². The molecule has 0 saturated carbocycles. The number of hydrogen-bond acceptors (Lipinski definition) is 4. The third-order valence-corrected chi connectivity index (χ3v) is 3.08. The van der Waals surface area contributed by atoms with Gasteiger partial charge in [0, 0.05) is 31.0 Å². The first-order valence-electron chi connectivity index (χ1n) is 6.66. The monoisotopic (exact) mass is 291 g/mol. The number of nitrogens with zero attached hydrogens (tertiary/aromatic N) is 3. The van der Waals surface area contributed by atoms with E-state index >= 15 is 0 Å². The number of aryl methyl sites for hydroxylation is 1. The lowest BCUT2D eigenvalue weighted by Crippen LogP contribution is -2.20. The highest BCUT2D eigenvalue weighted by atomic mass is 19.1. The molecule has 1 aromatic heterocycles. The zero-order chi connectivity index (χ0) is 15.1. The topological polar surface area (TPSA) is 88.5 Å². The second-order valence-electron chi connectivity index (χ2n) is 4.56.